The van der Waals surface area contributed by atoms with Crippen LogP contribution in [0.25, 0.3) is 0 Å². The molecule has 1 heterocycles. The lowest BCUT2D eigenvalue weighted by atomic mass is 9.97. The third-order valence-corrected chi connectivity index (χ3v) is 5.90. The summed E-state index contributed by atoms with van der Waals surface area (Å²) in [5.74, 6) is 0.797. The van der Waals surface area contributed by atoms with Gasteiger partial charge in [0.2, 0.25) is 0 Å². The number of benzene rings is 2. The summed E-state index contributed by atoms with van der Waals surface area (Å²) in [6, 6.07) is 11.9. The summed E-state index contributed by atoms with van der Waals surface area (Å²) in [4.78, 5) is 11.8. The van der Waals surface area contributed by atoms with Gasteiger partial charge in [-0.3, -0.25) is 0 Å². The van der Waals surface area contributed by atoms with Crippen LogP contribution in [0.5, 0.6) is 11.5 Å². The maximum Gasteiger partial charge on any atom is 0.411 e. The molecular formula is C29H35F3O6. The Hall–Kier alpha value is -3.04. The minimum absolute atomic E-state index is 0.0389. The topological polar surface area (TPSA) is 66.5 Å². The standard InChI is InChI=1S/C29H35F3O6/c1-4-8-21-10-7-12-23(28(21)37-18-25-17-35-25)15-22-11-6-9-20(3)27(22)36-16-24(38-26(33)5-2)13-14-34-19-29(30,31)32/h5-7,9-12,24-25H,2,4,8,13-19H2,1,3H3. The smallest absolute Gasteiger partial charge is 0.411 e. The highest BCUT2D eigenvalue weighted by Gasteiger charge is 2.28. The Morgan fingerprint density at radius 1 is 1.13 bits per heavy atom. The van der Waals surface area contributed by atoms with Gasteiger partial charge in [0.15, 0.2) is 0 Å². The first-order valence-electron chi connectivity index (χ1n) is 12.7. The highest BCUT2D eigenvalue weighted by molar-refractivity contribution is 5.81. The zero-order chi connectivity index (χ0) is 27.5. The number of alkyl halides is 3. The van der Waals surface area contributed by atoms with E-state index < -0.39 is 24.9 Å². The van der Waals surface area contributed by atoms with Crippen LogP contribution >= 0.6 is 0 Å². The maximum absolute atomic E-state index is 12.4. The van der Waals surface area contributed by atoms with Crippen LogP contribution in [0, 0.1) is 6.92 Å². The zero-order valence-corrected chi connectivity index (χ0v) is 21.9. The van der Waals surface area contributed by atoms with Crippen molar-refractivity contribution in [2.24, 2.45) is 0 Å². The Kier molecular flexibility index (Phi) is 11.0. The van der Waals surface area contributed by atoms with E-state index in [0.717, 1.165) is 46.9 Å². The fourth-order valence-electron chi connectivity index (χ4n) is 4.00. The van der Waals surface area contributed by atoms with Crippen LogP contribution in [0.1, 0.15) is 42.0 Å². The summed E-state index contributed by atoms with van der Waals surface area (Å²) in [7, 11) is 0. The minimum atomic E-state index is -4.43. The normalized spacial score (nSPS) is 15.6. The van der Waals surface area contributed by atoms with Crippen LogP contribution in [0.4, 0.5) is 13.2 Å². The van der Waals surface area contributed by atoms with E-state index in [0.29, 0.717) is 25.4 Å². The van der Waals surface area contributed by atoms with E-state index in [1.54, 1.807) is 0 Å². The van der Waals surface area contributed by atoms with Gasteiger partial charge >= 0.3 is 12.1 Å². The van der Waals surface area contributed by atoms with E-state index in [4.69, 9.17) is 23.7 Å². The number of carbonyl (C=O) groups is 1. The molecule has 38 heavy (non-hydrogen) atoms. The second-order valence-corrected chi connectivity index (χ2v) is 9.19. The van der Waals surface area contributed by atoms with Crippen molar-refractivity contribution in [3.8, 4) is 11.5 Å². The maximum atomic E-state index is 12.4. The molecular weight excluding hydrogens is 501 g/mol. The van der Waals surface area contributed by atoms with Gasteiger partial charge in [-0.2, -0.15) is 13.2 Å². The number of halogens is 3. The summed E-state index contributed by atoms with van der Waals surface area (Å²) in [6.07, 6.45) is -1.66. The molecule has 2 atom stereocenters. The zero-order valence-electron chi connectivity index (χ0n) is 21.9. The number of esters is 1. The number of epoxide rings is 1. The van der Waals surface area contributed by atoms with Crippen molar-refractivity contribution < 1.29 is 41.7 Å². The first-order chi connectivity index (χ1) is 18.2. The summed E-state index contributed by atoms with van der Waals surface area (Å²) >= 11 is 0. The molecule has 0 aliphatic carbocycles. The Balaban J connectivity index is 1.75. The largest absolute Gasteiger partial charge is 0.490 e. The van der Waals surface area contributed by atoms with E-state index >= 15 is 0 Å². The monoisotopic (exact) mass is 536 g/mol. The van der Waals surface area contributed by atoms with Crippen LogP contribution in [0.3, 0.4) is 0 Å². The molecule has 1 saturated heterocycles. The number of ether oxygens (including phenoxy) is 5. The van der Waals surface area contributed by atoms with Crippen LogP contribution in [0.2, 0.25) is 0 Å². The molecule has 208 valence electrons. The van der Waals surface area contributed by atoms with Gasteiger partial charge < -0.3 is 23.7 Å². The number of carbonyl (C=O) groups excluding carboxylic acids is 1. The highest BCUT2D eigenvalue weighted by Crippen LogP contribution is 2.33. The quantitative estimate of drug-likeness (QED) is 0.118. The molecule has 2 aromatic carbocycles. The van der Waals surface area contributed by atoms with Crippen molar-refractivity contribution in [2.75, 3.05) is 33.0 Å². The molecule has 2 aromatic rings. The van der Waals surface area contributed by atoms with Crippen LogP contribution in [-0.2, 0) is 31.8 Å². The SMILES string of the molecule is C=CC(=O)OC(CCOCC(F)(F)F)COc1c(C)cccc1Cc1cccc(CCC)c1OCC1CO1. The highest BCUT2D eigenvalue weighted by atomic mass is 19.4. The van der Waals surface area contributed by atoms with Crippen LogP contribution in [-0.4, -0.2) is 57.4 Å². The first kappa shape index (κ1) is 29.5. The van der Waals surface area contributed by atoms with Gasteiger partial charge in [0, 0.05) is 18.9 Å². The number of rotatable bonds is 16. The molecule has 0 spiro atoms. The first-order valence-corrected chi connectivity index (χ1v) is 12.7. The Labute approximate surface area is 221 Å². The van der Waals surface area contributed by atoms with Gasteiger partial charge in [-0.15, -0.1) is 0 Å². The predicted molar refractivity (Wildman–Crippen MR) is 137 cm³/mol. The van der Waals surface area contributed by atoms with E-state index in [1.165, 1.54) is 0 Å². The van der Waals surface area contributed by atoms with E-state index in [1.807, 2.05) is 37.3 Å². The number of hydrogen-bond acceptors (Lipinski definition) is 6. The van der Waals surface area contributed by atoms with Gasteiger partial charge in [0.25, 0.3) is 0 Å². The molecule has 0 bridgehead atoms. The van der Waals surface area contributed by atoms with Gasteiger partial charge in [0.05, 0.1) is 13.2 Å². The lowest BCUT2D eigenvalue weighted by molar-refractivity contribution is -0.176. The fourth-order valence-corrected chi connectivity index (χ4v) is 4.00. The Bertz CT molecular complexity index is 1060. The lowest BCUT2D eigenvalue weighted by Crippen LogP contribution is -2.27. The molecule has 0 radical (unpaired) electrons. The summed E-state index contributed by atoms with van der Waals surface area (Å²) in [6.45, 7) is 6.95. The molecule has 3 rings (SSSR count). The van der Waals surface area contributed by atoms with Crippen molar-refractivity contribution in [1.29, 1.82) is 0 Å². The lowest BCUT2D eigenvalue weighted by Gasteiger charge is -2.21. The molecule has 9 heteroatoms. The summed E-state index contributed by atoms with van der Waals surface area (Å²) in [5.41, 5.74) is 3.94. The Morgan fingerprint density at radius 2 is 1.82 bits per heavy atom. The molecule has 1 fully saturated rings. The number of aryl methyl sites for hydroxylation is 2. The fraction of sp³-hybridized carbons (Fsp3) is 0.483. The summed E-state index contributed by atoms with van der Waals surface area (Å²) < 4.78 is 64.8. The average molecular weight is 537 g/mol. The molecule has 0 amide bonds. The number of hydrogen-bond donors (Lipinski definition) is 0. The van der Waals surface area contributed by atoms with Crippen molar-refractivity contribution in [3.63, 3.8) is 0 Å². The van der Waals surface area contributed by atoms with Crippen molar-refractivity contribution in [1.82, 2.24) is 0 Å². The van der Waals surface area contributed by atoms with Gasteiger partial charge in [0.1, 0.15) is 43.5 Å². The number of para-hydroxylation sites is 2. The molecule has 0 N–H and O–H groups in total. The van der Waals surface area contributed by atoms with Crippen molar-refractivity contribution >= 4 is 5.97 Å². The summed E-state index contributed by atoms with van der Waals surface area (Å²) in [5, 5.41) is 0. The average Bonchev–Trinajstić information content (AvgIpc) is 3.69. The second-order valence-electron chi connectivity index (χ2n) is 9.19. The van der Waals surface area contributed by atoms with Gasteiger partial charge in [-0.25, -0.2) is 4.79 Å². The molecule has 0 aromatic heterocycles. The third kappa shape index (κ3) is 9.68. The molecule has 0 saturated carbocycles. The molecule has 2 unspecified atom stereocenters. The molecule has 6 nitrogen and oxygen atoms in total. The molecule has 1 aliphatic heterocycles. The van der Waals surface area contributed by atoms with E-state index in [-0.39, 0.29) is 25.7 Å². The Morgan fingerprint density at radius 3 is 2.47 bits per heavy atom. The predicted octanol–water partition coefficient (Wildman–Crippen LogP) is 5.76. The van der Waals surface area contributed by atoms with Gasteiger partial charge in [-0.1, -0.05) is 56.3 Å². The van der Waals surface area contributed by atoms with E-state index in [2.05, 4.69) is 19.6 Å². The van der Waals surface area contributed by atoms with E-state index in [9.17, 15) is 18.0 Å². The third-order valence-electron chi connectivity index (χ3n) is 5.90. The minimum Gasteiger partial charge on any atom is -0.490 e. The van der Waals surface area contributed by atoms with Crippen molar-refractivity contribution in [2.45, 2.75) is 57.9 Å². The van der Waals surface area contributed by atoms with Crippen LogP contribution < -0.4 is 9.47 Å². The van der Waals surface area contributed by atoms with Crippen molar-refractivity contribution in [3.05, 3.63) is 71.3 Å². The second kappa shape index (κ2) is 14.2. The van der Waals surface area contributed by atoms with Crippen LogP contribution in [0.15, 0.2) is 49.1 Å². The van der Waals surface area contributed by atoms with Gasteiger partial charge in [-0.05, 0) is 35.6 Å². The molecule has 1 aliphatic rings.